The van der Waals surface area contributed by atoms with Gasteiger partial charge in [-0.3, -0.25) is 14.4 Å². The molecule has 2 saturated heterocycles. The van der Waals surface area contributed by atoms with Gasteiger partial charge in [0.1, 0.15) is 23.1 Å². The molecule has 0 unspecified atom stereocenters. The van der Waals surface area contributed by atoms with Crippen LogP contribution in [0.4, 0.5) is 13.2 Å². The number of carboxylic acid groups (broad SMARTS) is 1. The van der Waals surface area contributed by atoms with Gasteiger partial charge >= 0.3 is 115 Å². The first-order chi connectivity index (χ1) is 41.3. The number of aliphatic carboxylic acids is 1. The third kappa shape index (κ3) is 25.5. The number of carboxylic acids is 1. The first-order valence-corrected chi connectivity index (χ1v) is 31.2. The van der Waals surface area contributed by atoms with E-state index in [4.69, 9.17) is 55.6 Å². The number of imidazole rings is 2. The van der Waals surface area contributed by atoms with E-state index in [1.165, 1.54) is 46.1 Å². The first kappa shape index (κ1) is 83.2. The number of nitrogens with zero attached hydrogens (tertiary/aromatic N) is 8. The van der Waals surface area contributed by atoms with Gasteiger partial charge in [-0.15, -0.1) is 10.2 Å². The summed E-state index contributed by atoms with van der Waals surface area (Å²) in [5.74, 6) is -0.207. The van der Waals surface area contributed by atoms with Gasteiger partial charge in [0.25, 0.3) is 26.6 Å². The summed E-state index contributed by atoms with van der Waals surface area (Å²) < 4.78 is 97.6. The molecular weight excluding hydrogens is 1290 g/mol. The molecule has 0 bridgehead atoms. The normalized spacial score (nSPS) is 13.0. The van der Waals surface area contributed by atoms with E-state index in [0.29, 0.717) is 108 Å². The molecule has 2 fully saturated rings. The van der Waals surface area contributed by atoms with Gasteiger partial charge in [-0.1, -0.05) is 13.8 Å². The Kier molecular flexibility index (Phi) is 38.9. The maximum Gasteiger partial charge on any atom is 1.00 e. The van der Waals surface area contributed by atoms with Crippen LogP contribution in [-0.4, -0.2) is 172 Å². The fourth-order valence-electron chi connectivity index (χ4n) is 8.18. The van der Waals surface area contributed by atoms with E-state index in [-0.39, 0.29) is 156 Å². The summed E-state index contributed by atoms with van der Waals surface area (Å²) >= 11 is 0. The van der Waals surface area contributed by atoms with Crippen molar-refractivity contribution in [2.75, 3.05) is 65.7 Å². The van der Waals surface area contributed by atoms with E-state index in [0.717, 1.165) is 64.7 Å². The van der Waals surface area contributed by atoms with E-state index in [1.807, 2.05) is 20.8 Å². The maximum absolute atomic E-state index is 13.3. The Balaban J connectivity index is 0.00000128. The van der Waals surface area contributed by atoms with Gasteiger partial charge < -0.3 is 62.3 Å². The number of fused-ring (bicyclic) bond motifs is 2. The number of benzene rings is 2. The molecule has 4 aromatic heterocycles. The van der Waals surface area contributed by atoms with E-state index in [1.54, 1.807) is 37.4 Å². The number of hydrogen-bond donors (Lipinski definition) is 8. The zero-order valence-electron chi connectivity index (χ0n) is 52.1. The molecule has 89 heavy (non-hydrogen) atoms. The molecule has 36 heteroatoms. The van der Waals surface area contributed by atoms with Crippen LogP contribution in [0, 0.1) is 25.2 Å². The Bertz CT molecular complexity index is 3590. The smallest absolute Gasteiger partial charge is 1.00 e. The summed E-state index contributed by atoms with van der Waals surface area (Å²) in [6.45, 7) is 18.4. The number of nitriles is 1. The fraction of sp³-hybridized carbons (Fsp3) is 0.528. The van der Waals surface area contributed by atoms with Crippen molar-refractivity contribution in [3.63, 3.8) is 0 Å². The van der Waals surface area contributed by atoms with E-state index < -0.39 is 31.2 Å². The number of aryl methyl sites for hydroxylation is 4. The first-order valence-electron chi connectivity index (χ1n) is 27.4. The van der Waals surface area contributed by atoms with Crippen molar-refractivity contribution in [2.45, 2.75) is 128 Å². The van der Waals surface area contributed by atoms with Gasteiger partial charge in [0.15, 0.2) is 22.7 Å². The van der Waals surface area contributed by atoms with Crippen LogP contribution in [0.3, 0.4) is 0 Å². The number of aromatic nitrogens is 8. The quantitative estimate of drug-likeness (QED) is 0.00757. The number of hydrogen-bond acceptors (Lipinski definition) is 22. The molecule has 0 saturated carbocycles. The summed E-state index contributed by atoms with van der Waals surface area (Å²) in [4.78, 5) is 60.1. The van der Waals surface area contributed by atoms with Gasteiger partial charge in [0.05, 0.1) is 51.6 Å². The van der Waals surface area contributed by atoms with E-state index in [2.05, 4.69) is 51.0 Å². The van der Waals surface area contributed by atoms with Crippen LogP contribution in [0.25, 0.3) is 33.8 Å². The second-order valence-electron chi connectivity index (χ2n) is 18.8. The summed E-state index contributed by atoms with van der Waals surface area (Å²) in [5.41, 5.74) is 1.92. The van der Waals surface area contributed by atoms with Crippen molar-refractivity contribution in [1.29, 1.82) is 5.26 Å². The molecule has 0 atom stereocenters. The molecule has 2 aliphatic heterocycles. The predicted molar refractivity (Wildman–Crippen MR) is 312 cm³/mol. The number of H-pyrrole nitrogens is 2. The van der Waals surface area contributed by atoms with E-state index in [9.17, 15) is 39.6 Å². The second kappa shape index (κ2) is 41.7. The third-order valence-electron chi connectivity index (χ3n) is 12.3. The average Bonchev–Trinajstić information content (AvgIpc) is 1.48. The zero-order chi connectivity index (χ0) is 65.1. The maximum atomic E-state index is 13.3. The third-order valence-corrected chi connectivity index (χ3v) is 15.5. The van der Waals surface area contributed by atoms with Crippen LogP contribution in [-0.2, 0) is 46.4 Å². The summed E-state index contributed by atoms with van der Waals surface area (Å²) in [6.07, 6.45) is 1.48. The number of aliphatic hydroxyl groups is 2. The minimum absolute atomic E-state index is 0. The Morgan fingerprint density at radius 1 is 0.798 bits per heavy atom. The number of aliphatic hydroxyl groups excluding tert-OH is 2. The minimum atomic E-state index is -5.08. The van der Waals surface area contributed by atoms with Crippen molar-refractivity contribution < 1.29 is 179 Å². The SMILES string of the molecule is CC#N.CCCc1nc(C)c2c(=O)[nH]c(-c3cc(S(=O)(=O)Cl)ccc3OCC)nn12.CCCc1nc(C)c2c(=O)[nH]c(-c3cc(S(=O)(=O)N4CC(NCCCCO)C4)ccc3OCC)nn12.O=C(O)C(F)(F)F.O=CO[O-].OCCCCNC1CNC1.[H-].[K+].[K+]. The molecule has 0 radical (unpaired) electrons. The average molecular weight is 1370 g/mol. The van der Waals surface area contributed by atoms with Gasteiger partial charge in [-0.2, -0.15) is 22.7 Å². The molecule has 484 valence electrons. The molecule has 0 aliphatic carbocycles. The number of aromatic amines is 2. The Labute approximate surface area is 603 Å². The molecule has 0 spiro atoms. The standard InChI is InChI=1S/C24H34N6O5S.C17H19ClN4O4S.C7H16N2O.C2HF3O2.C2H3N.CH2O3.2K.H/c1-4-8-21-26-16(3)22-24(32)27-23(28-30(21)22)19-13-18(9-10-20(19)35-5-2)36(33,34)29-14-17(15-29)25-11-6-7-12-31;1-4-6-14-19-10(3)15-17(23)20-16(21-22(14)15)12-9-11(27(18,24)25)7-8-13(12)26-5-2;10-4-2-1-3-9-7-5-8-6-7;3-2(4,5)1(6)7;1-2-3;2-1-4-3;;;/h9-10,13,17,25,31H,4-8,11-12,14-15H2,1-3H3,(H,27,28,32);7-9H,4-6H2,1-3H3,(H,20,21,23);7-10H,1-6H2;(H,6,7);1H3;1,3H;;;/q;;;;;;2*+1;-1/p-1. The van der Waals surface area contributed by atoms with Crippen LogP contribution < -0.4 is 145 Å². The Hall–Kier alpha value is -3.86. The van der Waals surface area contributed by atoms with Crippen LogP contribution in [0.5, 0.6) is 11.5 Å². The minimum Gasteiger partial charge on any atom is -1.00 e. The van der Waals surface area contributed by atoms with Gasteiger partial charge in [-0.05, 0) is 116 Å². The molecular formula is C53H75ClF3K2N13O15S2. The van der Waals surface area contributed by atoms with Crippen LogP contribution >= 0.6 is 10.7 Å². The van der Waals surface area contributed by atoms with E-state index >= 15 is 0 Å². The van der Waals surface area contributed by atoms with Crippen molar-refractivity contribution >= 4 is 53.2 Å². The number of alkyl halides is 3. The van der Waals surface area contributed by atoms with Crippen molar-refractivity contribution in [2.24, 2.45) is 0 Å². The number of halogens is 4. The zero-order valence-corrected chi connectivity index (χ0v) is 59.7. The largest absolute Gasteiger partial charge is 1.00 e. The van der Waals surface area contributed by atoms with Crippen molar-refractivity contribution in [3.8, 4) is 40.3 Å². The Morgan fingerprint density at radius 2 is 1.19 bits per heavy atom. The molecule has 28 nitrogen and oxygen atoms in total. The summed E-state index contributed by atoms with van der Waals surface area (Å²) in [5, 5.41) is 59.2. The molecule has 6 aromatic rings. The fourth-order valence-corrected chi connectivity index (χ4v) is 10.5. The number of ether oxygens (including phenoxy) is 2. The molecule has 8 N–H and O–H groups in total. The number of rotatable bonds is 24. The van der Waals surface area contributed by atoms with Crippen molar-refractivity contribution in [3.05, 3.63) is 80.1 Å². The number of unbranched alkanes of at least 4 members (excludes halogenated alkanes) is 2. The van der Waals surface area contributed by atoms with Crippen molar-refractivity contribution in [1.82, 2.24) is 59.4 Å². The number of sulfonamides is 1. The molecule has 2 aliphatic rings. The summed E-state index contributed by atoms with van der Waals surface area (Å²) in [6, 6.07) is 11.3. The topological polar surface area (TPSA) is 403 Å². The predicted octanol–water partition coefficient (Wildman–Crippen LogP) is -2.81. The van der Waals surface area contributed by atoms with Gasteiger partial charge in [0.2, 0.25) is 10.0 Å². The molecule has 2 aromatic carbocycles. The number of carbonyl (C=O) groups is 2. The van der Waals surface area contributed by atoms with Gasteiger partial charge in [-0.25, -0.2) is 40.6 Å². The molecule has 0 amide bonds. The monoisotopic (exact) mass is 1370 g/mol. The second-order valence-corrected chi connectivity index (χ2v) is 23.3. The summed E-state index contributed by atoms with van der Waals surface area (Å²) in [7, 11) is -2.22. The molecule has 6 heterocycles. The van der Waals surface area contributed by atoms with Crippen LogP contribution in [0.15, 0.2) is 55.8 Å². The van der Waals surface area contributed by atoms with Gasteiger partial charge in [0, 0.05) is 81.9 Å². The van der Waals surface area contributed by atoms with Crippen LogP contribution in [0.2, 0.25) is 0 Å². The molecule has 8 rings (SSSR count). The Morgan fingerprint density at radius 3 is 1.53 bits per heavy atom. The number of carbonyl (C=O) groups excluding carboxylic acids is 1. The number of nitrogens with one attached hydrogen (secondary N) is 5. The van der Waals surface area contributed by atoms with Crippen LogP contribution in [0.1, 0.15) is 97.6 Å².